The molecule has 1 aliphatic carbocycles. The number of carbonyl (C=O) groups is 3. The van der Waals surface area contributed by atoms with Crippen LogP contribution in [0.15, 0.2) is 24.3 Å². The number of para-hydroxylation sites is 1. The Balaban J connectivity index is 1.97. The molecule has 1 aromatic carbocycles. The van der Waals surface area contributed by atoms with E-state index in [2.05, 4.69) is 5.32 Å². The van der Waals surface area contributed by atoms with Crippen molar-refractivity contribution in [1.82, 2.24) is 10.2 Å². The third-order valence-electron chi connectivity index (χ3n) is 4.07. The fourth-order valence-electron chi connectivity index (χ4n) is 2.72. The highest BCUT2D eigenvalue weighted by Gasteiger charge is 2.28. The lowest BCUT2D eigenvalue weighted by Gasteiger charge is -2.30. The number of anilines is 1. The van der Waals surface area contributed by atoms with E-state index in [1.165, 1.54) is 11.0 Å². The molecule has 0 atom stereocenters. The van der Waals surface area contributed by atoms with Crippen molar-refractivity contribution in [2.24, 2.45) is 0 Å². The molecule has 6 heteroatoms. The highest BCUT2D eigenvalue weighted by molar-refractivity contribution is 6.38. The molecule has 0 unspecified atom stereocenters. The zero-order valence-electron chi connectivity index (χ0n) is 12.7. The van der Waals surface area contributed by atoms with Crippen LogP contribution in [-0.4, -0.2) is 35.7 Å². The smallest absolute Gasteiger partial charge is 0.316 e. The second-order valence-electron chi connectivity index (χ2n) is 5.58. The van der Waals surface area contributed by atoms with Gasteiger partial charge in [-0.3, -0.25) is 19.7 Å². The van der Waals surface area contributed by atoms with E-state index >= 15 is 0 Å². The van der Waals surface area contributed by atoms with E-state index in [0.29, 0.717) is 0 Å². The zero-order valence-corrected chi connectivity index (χ0v) is 12.7. The number of rotatable bonds is 2. The molecule has 3 N–H and O–H groups in total. The van der Waals surface area contributed by atoms with Gasteiger partial charge in [-0.25, -0.2) is 0 Å². The Morgan fingerprint density at radius 1 is 1.14 bits per heavy atom. The zero-order chi connectivity index (χ0) is 16.1. The minimum absolute atomic E-state index is 0.0731. The summed E-state index contributed by atoms with van der Waals surface area (Å²) in [6.07, 6.45) is 5.08. The predicted octanol–water partition coefficient (Wildman–Crippen LogP) is 1.32. The van der Waals surface area contributed by atoms with Crippen LogP contribution in [0.2, 0.25) is 0 Å². The van der Waals surface area contributed by atoms with Gasteiger partial charge in [0.05, 0.1) is 5.56 Å². The molecule has 1 saturated carbocycles. The van der Waals surface area contributed by atoms with E-state index in [9.17, 15) is 14.4 Å². The summed E-state index contributed by atoms with van der Waals surface area (Å²) in [6.45, 7) is 0. The summed E-state index contributed by atoms with van der Waals surface area (Å²) in [5, 5.41) is 2.11. The van der Waals surface area contributed by atoms with Crippen LogP contribution in [0.4, 0.5) is 5.69 Å². The number of carbonyl (C=O) groups excluding carboxylic acids is 3. The van der Waals surface area contributed by atoms with Crippen molar-refractivity contribution in [2.75, 3.05) is 12.8 Å². The maximum atomic E-state index is 12.1. The molecule has 1 aromatic rings. The van der Waals surface area contributed by atoms with Crippen molar-refractivity contribution < 1.29 is 14.4 Å². The van der Waals surface area contributed by atoms with Gasteiger partial charge >= 0.3 is 11.8 Å². The van der Waals surface area contributed by atoms with Crippen LogP contribution in [0.3, 0.4) is 0 Å². The molecule has 0 aliphatic heterocycles. The van der Waals surface area contributed by atoms with Crippen LogP contribution in [0, 0.1) is 0 Å². The van der Waals surface area contributed by atoms with Gasteiger partial charge in [-0.2, -0.15) is 0 Å². The molecule has 0 heterocycles. The normalized spacial score (nSPS) is 15.1. The second-order valence-corrected chi connectivity index (χ2v) is 5.58. The van der Waals surface area contributed by atoms with E-state index in [1.54, 1.807) is 25.2 Å². The monoisotopic (exact) mass is 303 g/mol. The average molecular weight is 303 g/mol. The van der Waals surface area contributed by atoms with Crippen molar-refractivity contribution in [3.05, 3.63) is 29.8 Å². The first-order valence-corrected chi connectivity index (χ1v) is 7.47. The number of amides is 3. The minimum atomic E-state index is -0.915. The van der Waals surface area contributed by atoms with Crippen LogP contribution in [0.5, 0.6) is 0 Å². The van der Waals surface area contributed by atoms with E-state index in [0.717, 1.165) is 32.1 Å². The Morgan fingerprint density at radius 2 is 1.77 bits per heavy atom. The summed E-state index contributed by atoms with van der Waals surface area (Å²) in [5.41, 5.74) is 6.13. The number of hydrogen-bond acceptors (Lipinski definition) is 4. The molecule has 0 aromatic heterocycles. The summed E-state index contributed by atoms with van der Waals surface area (Å²) >= 11 is 0. The highest BCUT2D eigenvalue weighted by atomic mass is 16.2. The summed E-state index contributed by atoms with van der Waals surface area (Å²) in [4.78, 5) is 37.5. The van der Waals surface area contributed by atoms with Crippen LogP contribution in [0.1, 0.15) is 42.5 Å². The molecule has 3 amide bonds. The molecule has 0 bridgehead atoms. The summed E-state index contributed by atoms with van der Waals surface area (Å²) < 4.78 is 0. The molecule has 22 heavy (non-hydrogen) atoms. The molecular formula is C16H21N3O3. The topological polar surface area (TPSA) is 92.5 Å². The second kappa shape index (κ2) is 7.06. The van der Waals surface area contributed by atoms with Gasteiger partial charge in [0.15, 0.2) is 0 Å². The lowest BCUT2D eigenvalue weighted by Crippen LogP contribution is -2.47. The lowest BCUT2D eigenvalue weighted by atomic mass is 9.94. The molecule has 1 aliphatic rings. The van der Waals surface area contributed by atoms with Gasteiger partial charge in [0.1, 0.15) is 0 Å². The third-order valence-corrected chi connectivity index (χ3v) is 4.07. The highest BCUT2D eigenvalue weighted by Crippen LogP contribution is 2.21. The first-order chi connectivity index (χ1) is 10.5. The maximum absolute atomic E-state index is 12.1. The quantitative estimate of drug-likeness (QED) is 0.636. The van der Waals surface area contributed by atoms with E-state index in [1.807, 2.05) is 0 Å². The Kier molecular flexibility index (Phi) is 5.14. The summed E-state index contributed by atoms with van der Waals surface area (Å²) in [7, 11) is 1.61. The van der Waals surface area contributed by atoms with Crippen molar-refractivity contribution in [3.8, 4) is 0 Å². The standard InChI is InChI=1S/C16H21N3O3/c1-19(11-7-3-2-4-8-11)16(22)15(21)18-14(20)12-9-5-6-10-13(12)17/h5-6,9-11H,2-4,7-8,17H2,1H3,(H,18,20,21). The van der Waals surface area contributed by atoms with Crippen molar-refractivity contribution in [3.63, 3.8) is 0 Å². The number of nitrogens with one attached hydrogen (secondary N) is 1. The summed E-state index contributed by atoms with van der Waals surface area (Å²) in [5.74, 6) is -2.26. The number of benzene rings is 1. The van der Waals surface area contributed by atoms with Gasteiger partial charge in [0.2, 0.25) is 0 Å². The third kappa shape index (κ3) is 3.63. The molecule has 0 radical (unpaired) electrons. The largest absolute Gasteiger partial charge is 0.398 e. The number of nitrogens with zero attached hydrogens (tertiary/aromatic N) is 1. The van der Waals surface area contributed by atoms with Gasteiger partial charge in [0, 0.05) is 18.8 Å². The Hall–Kier alpha value is -2.37. The summed E-state index contributed by atoms with van der Waals surface area (Å²) in [6, 6.07) is 6.48. The SMILES string of the molecule is CN(C(=O)C(=O)NC(=O)c1ccccc1N)C1CCCCC1. The van der Waals surface area contributed by atoms with Gasteiger partial charge in [-0.15, -0.1) is 0 Å². The van der Waals surface area contributed by atoms with Crippen molar-refractivity contribution in [1.29, 1.82) is 0 Å². The molecule has 6 nitrogen and oxygen atoms in total. The van der Waals surface area contributed by atoms with Crippen LogP contribution >= 0.6 is 0 Å². The predicted molar refractivity (Wildman–Crippen MR) is 83.0 cm³/mol. The number of nitrogen functional groups attached to an aromatic ring is 1. The molecule has 1 fully saturated rings. The van der Waals surface area contributed by atoms with Crippen LogP contribution in [0.25, 0.3) is 0 Å². The fraction of sp³-hybridized carbons (Fsp3) is 0.438. The Labute approximate surface area is 129 Å². The molecule has 0 saturated heterocycles. The number of hydrogen-bond donors (Lipinski definition) is 2. The van der Waals surface area contributed by atoms with E-state index < -0.39 is 17.7 Å². The first kappa shape index (κ1) is 16.0. The fourth-order valence-corrected chi connectivity index (χ4v) is 2.72. The molecular weight excluding hydrogens is 282 g/mol. The lowest BCUT2D eigenvalue weighted by molar-refractivity contribution is -0.146. The Morgan fingerprint density at radius 3 is 2.41 bits per heavy atom. The molecule has 0 spiro atoms. The molecule has 2 rings (SSSR count). The number of nitrogens with two attached hydrogens (primary N) is 1. The number of imide groups is 1. The van der Waals surface area contributed by atoms with Crippen molar-refractivity contribution in [2.45, 2.75) is 38.1 Å². The molecule has 118 valence electrons. The minimum Gasteiger partial charge on any atom is -0.398 e. The van der Waals surface area contributed by atoms with E-state index in [4.69, 9.17) is 5.73 Å². The van der Waals surface area contributed by atoms with Gasteiger partial charge in [-0.1, -0.05) is 31.4 Å². The van der Waals surface area contributed by atoms with Crippen LogP contribution in [-0.2, 0) is 9.59 Å². The van der Waals surface area contributed by atoms with Crippen molar-refractivity contribution >= 4 is 23.4 Å². The maximum Gasteiger partial charge on any atom is 0.316 e. The van der Waals surface area contributed by atoms with Gasteiger partial charge < -0.3 is 10.6 Å². The van der Waals surface area contributed by atoms with Gasteiger partial charge in [-0.05, 0) is 25.0 Å². The average Bonchev–Trinajstić information content (AvgIpc) is 2.54. The van der Waals surface area contributed by atoms with Crippen LogP contribution < -0.4 is 11.1 Å². The first-order valence-electron chi connectivity index (χ1n) is 7.47. The van der Waals surface area contributed by atoms with Gasteiger partial charge in [0.25, 0.3) is 5.91 Å². The van der Waals surface area contributed by atoms with E-state index in [-0.39, 0.29) is 17.3 Å². The number of likely N-dealkylation sites (N-methyl/N-ethyl adjacent to an activating group) is 1. The Bertz CT molecular complexity index is 580.